The van der Waals surface area contributed by atoms with Gasteiger partial charge in [-0.05, 0) is 38.8 Å². The summed E-state index contributed by atoms with van der Waals surface area (Å²) in [6, 6.07) is 5.32. The molecule has 0 saturated carbocycles. The van der Waals surface area contributed by atoms with Crippen molar-refractivity contribution in [1.82, 2.24) is 25.2 Å². The average Bonchev–Trinajstić information content (AvgIpc) is 3.38. The Morgan fingerprint density at radius 3 is 2.88 bits per heavy atom. The standard InChI is InChI=1S/C18H19N5O3/c1-11-13(12(2)25-21-11)10-16(24)23-9-5-7-15(23)18-20-17(22-26-18)14-6-3-4-8-19-14/h3-4,6,8,15H,5,7,9-10H2,1-2H3. The van der Waals surface area contributed by atoms with E-state index in [2.05, 4.69) is 20.3 Å². The van der Waals surface area contributed by atoms with Crippen LogP contribution < -0.4 is 0 Å². The smallest absolute Gasteiger partial charge is 0.249 e. The van der Waals surface area contributed by atoms with Crippen molar-refractivity contribution in [3.05, 3.63) is 47.3 Å². The molecule has 8 heteroatoms. The zero-order valence-electron chi connectivity index (χ0n) is 14.7. The zero-order valence-corrected chi connectivity index (χ0v) is 14.7. The summed E-state index contributed by atoms with van der Waals surface area (Å²) in [5, 5.41) is 7.93. The van der Waals surface area contributed by atoms with Gasteiger partial charge in [-0.3, -0.25) is 9.78 Å². The molecule has 0 bridgehead atoms. The summed E-state index contributed by atoms with van der Waals surface area (Å²) in [7, 11) is 0. The lowest BCUT2D eigenvalue weighted by Gasteiger charge is -2.21. The normalized spacial score (nSPS) is 17.0. The Kier molecular flexibility index (Phi) is 4.24. The first-order valence-corrected chi connectivity index (χ1v) is 8.59. The van der Waals surface area contributed by atoms with Gasteiger partial charge in [-0.2, -0.15) is 4.98 Å². The summed E-state index contributed by atoms with van der Waals surface area (Å²) in [6.07, 6.45) is 3.65. The Hall–Kier alpha value is -3.03. The van der Waals surface area contributed by atoms with Crippen LogP contribution in [0, 0.1) is 13.8 Å². The molecule has 0 N–H and O–H groups in total. The number of carbonyl (C=O) groups excluding carboxylic acids is 1. The van der Waals surface area contributed by atoms with Crippen molar-refractivity contribution in [2.75, 3.05) is 6.54 Å². The van der Waals surface area contributed by atoms with Gasteiger partial charge in [0.2, 0.25) is 17.6 Å². The predicted molar refractivity (Wildman–Crippen MR) is 90.9 cm³/mol. The minimum atomic E-state index is -0.201. The number of likely N-dealkylation sites (tertiary alicyclic amines) is 1. The molecule has 3 aromatic heterocycles. The number of nitrogens with zero attached hydrogens (tertiary/aromatic N) is 5. The molecular formula is C18H19N5O3. The van der Waals surface area contributed by atoms with Gasteiger partial charge in [0.05, 0.1) is 12.1 Å². The minimum Gasteiger partial charge on any atom is -0.361 e. The van der Waals surface area contributed by atoms with Crippen LogP contribution in [0.5, 0.6) is 0 Å². The molecule has 1 atom stereocenters. The molecule has 3 aromatic rings. The van der Waals surface area contributed by atoms with Gasteiger partial charge in [0.15, 0.2) is 0 Å². The lowest BCUT2D eigenvalue weighted by atomic mass is 10.1. The van der Waals surface area contributed by atoms with Crippen molar-refractivity contribution < 1.29 is 13.8 Å². The average molecular weight is 353 g/mol. The van der Waals surface area contributed by atoms with Crippen LogP contribution in [0.25, 0.3) is 11.5 Å². The molecule has 1 fully saturated rings. The van der Waals surface area contributed by atoms with Crippen LogP contribution in [0.2, 0.25) is 0 Å². The second-order valence-electron chi connectivity index (χ2n) is 6.40. The van der Waals surface area contributed by atoms with Crippen molar-refractivity contribution in [1.29, 1.82) is 0 Å². The van der Waals surface area contributed by atoms with Gasteiger partial charge in [0, 0.05) is 18.3 Å². The van der Waals surface area contributed by atoms with Gasteiger partial charge in [-0.1, -0.05) is 16.4 Å². The summed E-state index contributed by atoms with van der Waals surface area (Å²) in [4.78, 5) is 23.3. The molecule has 4 heterocycles. The molecule has 1 amide bonds. The summed E-state index contributed by atoms with van der Waals surface area (Å²) in [5.74, 6) is 1.59. The highest BCUT2D eigenvalue weighted by atomic mass is 16.5. The first-order chi connectivity index (χ1) is 12.6. The van der Waals surface area contributed by atoms with E-state index in [-0.39, 0.29) is 18.4 Å². The van der Waals surface area contributed by atoms with E-state index < -0.39 is 0 Å². The van der Waals surface area contributed by atoms with Gasteiger partial charge >= 0.3 is 0 Å². The molecule has 8 nitrogen and oxygen atoms in total. The molecule has 4 rings (SSSR count). The minimum absolute atomic E-state index is 0.0134. The first-order valence-electron chi connectivity index (χ1n) is 8.59. The van der Waals surface area contributed by atoms with Gasteiger partial charge in [0.1, 0.15) is 17.5 Å². The van der Waals surface area contributed by atoms with E-state index in [0.29, 0.717) is 29.7 Å². The molecule has 26 heavy (non-hydrogen) atoms. The third kappa shape index (κ3) is 2.98. The Labute approximate surface area is 150 Å². The van der Waals surface area contributed by atoms with Gasteiger partial charge in [-0.15, -0.1) is 0 Å². The number of aryl methyl sites for hydroxylation is 2. The molecule has 1 aliphatic heterocycles. The van der Waals surface area contributed by atoms with E-state index in [4.69, 9.17) is 9.05 Å². The van der Waals surface area contributed by atoms with Crippen LogP contribution >= 0.6 is 0 Å². The molecule has 0 radical (unpaired) electrons. The lowest BCUT2D eigenvalue weighted by Crippen LogP contribution is -2.32. The Morgan fingerprint density at radius 2 is 2.15 bits per heavy atom. The molecule has 134 valence electrons. The lowest BCUT2D eigenvalue weighted by molar-refractivity contribution is -0.131. The van der Waals surface area contributed by atoms with E-state index in [9.17, 15) is 4.79 Å². The van der Waals surface area contributed by atoms with Crippen LogP contribution in [0.4, 0.5) is 0 Å². The first kappa shape index (κ1) is 16.4. The van der Waals surface area contributed by atoms with Crippen molar-refractivity contribution in [2.45, 2.75) is 39.2 Å². The monoisotopic (exact) mass is 353 g/mol. The third-order valence-corrected chi connectivity index (χ3v) is 4.70. The van der Waals surface area contributed by atoms with E-state index >= 15 is 0 Å². The second-order valence-corrected chi connectivity index (χ2v) is 6.40. The van der Waals surface area contributed by atoms with E-state index in [1.807, 2.05) is 36.9 Å². The highest BCUT2D eigenvalue weighted by Crippen LogP contribution is 2.32. The topological polar surface area (TPSA) is 98.2 Å². The van der Waals surface area contributed by atoms with Crippen molar-refractivity contribution in [2.24, 2.45) is 0 Å². The predicted octanol–water partition coefficient (Wildman–Crippen LogP) is 2.64. The van der Waals surface area contributed by atoms with Crippen LogP contribution in [-0.4, -0.2) is 37.6 Å². The van der Waals surface area contributed by atoms with E-state index in [0.717, 1.165) is 24.1 Å². The largest absolute Gasteiger partial charge is 0.361 e. The Morgan fingerprint density at radius 1 is 1.27 bits per heavy atom. The maximum Gasteiger partial charge on any atom is 0.249 e. The number of pyridine rings is 1. The quantitative estimate of drug-likeness (QED) is 0.711. The van der Waals surface area contributed by atoms with E-state index in [1.54, 1.807) is 6.20 Å². The summed E-state index contributed by atoms with van der Waals surface area (Å²) in [5.41, 5.74) is 2.25. The van der Waals surface area contributed by atoms with Crippen LogP contribution in [0.1, 0.15) is 41.8 Å². The van der Waals surface area contributed by atoms with Crippen LogP contribution in [-0.2, 0) is 11.2 Å². The number of amides is 1. The highest BCUT2D eigenvalue weighted by Gasteiger charge is 2.34. The fraction of sp³-hybridized carbons (Fsp3) is 0.389. The third-order valence-electron chi connectivity index (χ3n) is 4.70. The van der Waals surface area contributed by atoms with Gasteiger partial charge in [-0.25, -0.2) is 0 Å². The molecule has 0 aromatic carbocycles. The number of rotatable bonds is 4. The number of aromatic nitrogens is 4. The summed E-state index contributed by atoms with van der Waals surface area (Å²) in [6.45, 7) is 4.34. The molecular weight excluding hydrogens is 334 g/mol. The maximum atomic E-state index is 12.8. The van der Waals surface area contributed by atoms with E-state index in [1.165, 1.54) is 0 Å². The fourth-order valence-corrected chi connectivity index (χ4v) is 3.30. The summed E-state index contributed by atoms with van der Waals surface area (Å²) >= 11 is 0. The molecule has 1 saturated heterocycles. The Balaban J connectivity index is 1.53. The van der Waals surface area contributed by atoms with Crippen LogP contribution in [0.3, 0.4) is 0 Å². The zero-order chi connectivity index (χ0) is 18.1. The van der Waals surface area contributed by atoms with Crippen molar-refractivity contribution in [3.63, 3.8) is 0 Å². The molecule has 1 unspecified atom stereocenters. The maximum absolute atomic E-state index is 12.8. The molecule has 0 aliphatic carbocycles. The second kappa shape index (κ2) is 6.70. The fourth-order valence-electron chi connectivity index (χ4n) is 3.30. The van der Waals surface area contributed by atoms with Gasteiger partial charge < -0.3 is 13.9 Å². The van der Waals surface area contributed by atoms with Crippen molar-refractivity contribution >= 4 is 5.91 Å². The van der Waals surface area contributed by atoms with Crippen LogP contribution in [0.15, 0.2) is 33.4 Å². The van der Waals surface area contributed by atoms with Crippen molar-refractivity contribution in [3.8, 4) is 11.5 Å². The summed E-state index contributed by atoms with van der Waals surface area (Å²) < 4.78 is 10.6. The molecule has 0 spiro atoms. The Bertz CT molecular complexity index is 899. The molecule has 1 aliphatic rings. The number of hydrogen-bond acceptors (Lipinski definition) is 7. The highest BCUT2D eigenvalue weighted by molar-refractivity contribution is 5.79. The van der Waals surface area contributed by atoms with Gasteiger partial charge in [0.25, 0.3) is 0 Å². The SMILES string of the molecule is Cc1noc(C)c1CC(=O)N1CCCC1c1nc(-c2ccccn2)no1. The number of hydrogen-bond donors (Lipinski definition) is 0. The number of carbonyl (C=O) groups is 1.